The number of aromatic nitrogens is 1. The molecule has 0 N–H and O–H groups in total. The Balaban J connectivity index is 2.28. The highest BCUT2D eigenvalue weighted by atomic mass is 35.5. The van der Waals surface area contributed by atoms with Gasteiger partial charge in [0, 0.05) is 12.4 Å². The molecule has 1 aromatic heterocycles. The lowest BCUT2D eigenvalue weighted by molar-refractivity contribution is 0.666. The fourth-order valence-corrected chi connectivity index (χ4v) is 1.54. The molecule has 1 heterocycles. The van der Waals surface area contributed by atoms with Gasteiger partial charge in [-0.25, -0.2) is 0 Å². The van der Waals surface area contributed by atoms with Crippen LogP contribution in [0.3, 0.4) is 0 Å². The second-order valence-electron chi connectivity index (χ2n) is 3.32. The van der Waals surface area contributed by atoms with Gasteiger partial charge in [0.15, 0.2) is 0 Å². The number of hydrogen-bond acceptors (Lipinski definition) is 1. The zero-order chi connectivity index (χ0) is 9.52. The van der Waals surface area contributed by atoms with Gasteiger partial charge < -0.3 is 0 Å². The molecule has 1 nitrogen and oxygen atoms in total. The lowest BCUT2D eigenvalue weighted by Gasteiger charge is -2.00. The summed E-state index contributed by atoms with van der Waals surface area (Å²) in [6.07, 6.45) is 9.85. The predicted molar refractivity (Wildman–Crippen MR) is 57.1 cm³/mol. The van der Waals surface area contributed by atoms with Crippen molar-refractivity contribution in [1.29, 1.82) is 0 Å². The molecular formula is C11H16ClN. The monoisotopic (exact) mass is 197 g/mol. The minimum atomic E-state index is 0.744. The zero-order valence-electron chi connectivity index (χ0n) is 8.09. The molecule has 0 aliphatic carbocycles. The van der Waals surface area contributed by atoms with Crippen molar-refractivity contribution in [3.8, 4) is 0 Å². The van der Waals surface area contributed by atoms with Crippen LogP contribution in [0.5, 0.6) is 0 Å². The van der Waals surface area contributed by atoms with Gasteiger partial charge in [-0.15, -0.1) is 0 Å². The van der Waals surface area contributed by atoms with E-state index in [-0.39, 0.29) is 0 Å². The summed E-state index contributed by atoms with van der Waals surface area (Å²) in [6.45, 7) is 2.22. The molecule has 0 amide bonds. The largest absolute Gasteiger partial charge is 0.263 e. The third-order valence-electron chi connectivity index (χ3n) is 2.08. The average molecular weight is 198 g/mol. The van der Waals surface area contributed by atoms with E-state index in [0.717, 1.165) is 11.4 Å². The minimum absolute atomic E-state index is 0.744. The number of unbranched alkanes of at least 4 members (excludes halogenated alkanes) is 3. The summed E-state index contributed by atoms with van der Waals surface area (Å²) in [5.41, 5.74) is 1.25. The molecule has 0 saturated carbocycles. The van der Waals surface area contributed by atoms with Crippen LogP contribution in [0.2, 0.25) is 5.02 Å². The number of aryl methyl sites for hydroxylation is 1. The molecule has 1 rings (SSSR count). The summed E-state index contributed by atoms with van der Waals surface area (Å²) in [5, 5.41) is 0.744. The summed E-state index contributed by atoms with van der Waals surface area (Å²) in [5.74, 6) is 0. The first-order valence-corrected chi connectivity index (χ1v) is 5.30. The highest BCUT2D eigenvalue weighted by molar-refractivity contribution is 6.30. The first-order chi connectivity index (χ1) is 6.33. The standard InChI is InChI=1S/C11H16ClN/c1-2-3-4-5-6-10-7-11(12)9-13-8-10/h7-9H,2-6H2,1H3. The molecule has 0 radical (unpaired) electrons. The van der Waals surface area contributed by atoms with E-state index in [1.54, 1.807) is 6.20 Å². The maximum Gasteiger partial charge on any atom is 0.0592 e. The van der Waals surface area contributed by atoms with Gasteiger partial charge in [-0.1, -0.05) is 37.8 Å². The molecule has 0 bridgehead atoms. The van der Waals surface area contributed by atoms with E-state index < -0.39 is 0 Å². The number of halogens is 1. The lowest BCUT2D eigenvalue weighted by atomic mass is 10.1. The van der Waals surface area contributed by atoms with Crippen molar-refractivity contribution in [2.24, 2.45) is 0 Å². The van der Waals surface area contributed by atoms with E-state index in [9.17, 15) is 0 Å². The van der Waals surface area contributed by atoms with E-state index in [4.69, 9.17) is 11.6 Å². The van der Waals surface area contributed by atoms with Crippen LogP contribution in [-0.4, -0.2) is 4.98 Å². The van der Waals surface area contributed by atoms with Gasteiger partial charge >= 0.3 is 0 Å². The Morgan fingerprint density at radius 2 is 2.08 bits per heavy atom. The molecular weight excluding hydrogens is 182 g/mol. The van der Waals surface area contributed by atoms with Gasteiger partial charge in [0.1, 0.15) is 0 Å². The van der Waals surface area contributed by atoms with E-state index in [1.807, 2.05) is 12.3 Å². The normalized spacial score (nSPS) is 10.3. The summed E-state index contributed by atoms with van der Waals surface area (Å²) in [6, 6.07) is 2.00. The van der Waals surface area contributed by atoms with E-state index in [0.29, 0.717) is 0 Å². The Kier molecular flexibility index (Phi) is 4.84. The van der Waals surface area contributed by atoms with Crippen LogP contribution in [0.15, 0.2) is 18.5 Å². The van der Waals surface area contributed by atoms with Crippen molar-refractivity contribution in [2.45, 2.75) is 39.0 Å². The van der Waals surface area contributed by atoms with E-state index >= 15 is 0 Å². The topological polar surface area (TPSA) is 12.9 Å². The van der Waals surface area contributed by atoms with Crippen LogP contribution in [0.25, 0.3) is 0 Å². The fraction of sp³-hybridized carbons (Fsp3) is 0.545. The smallest absolute Gasteiger partial charge is 0.0592 e. The first-order valence-electron chi connectivity index (χ1n) is 4.92. The van der Waals surface area contributed by atoms with Crippen LogP contribution in [-0.2, 0) is 6.42 Å². The molecule has 0 spiro atoms. The maximum atomic E-state index is 5.82. The predicted octanol–water partition coefficient (Wildman–Crippen LogP) is 3.86. The second kappa shape index (κ2) is 5.98. The molecule has 0 aliphatic heterocycles. The Bertz CT molecular complexity index is 248. The van der Waals surface area contributed by atoms with Crippen LogP contribution < -0.4 is 0 Å². The SMILES string of the molecule is CCCCCCc1cncc(Cl)c1. The Morgan fingerprint density at radius 3 is 2.77 bits per heavy atom. The van der Waals surface area contributed by atoms with Crippen molar-refractivity contribution < 1.29 is 0 Å². The fourth-order valence-electron chi connectivity index (χ4n) is 1.35. The number of nitrogens with zero attached hydrogens (tertiary/aromatic N) is 1. The first kappa shape index (κ1) is 10.5. The van der Waals surface area contributed by atoms with Gasteiger partial charge in [-0.05, 0) is 24.5 Å². The molecule has 13 heavy (non-hydrogen) atoms. The van der Waals surface area contributed by atoms with Gasteiger partial charge in [-0.2, -0.15) is 0 Å². The molecule has 2 heteroatoms. The molecule has 0 unspecified atom stereocenters. The minimum Gasteiger partial charge on any atom is -0.263 e. The van der Waals surface area contributed by atoms with Crippen LogP contribution >= 0.6 is 11.6 Å². The van der Waals surface area contributed by atoms with Gasteiger partial charge in [0.2, 0.25) is 0 Å². The van der Waals surface area contributed by atoms with Crippen LogP contribution in [0.4, 0.5) is 0 Å². The molecule has 0 aliphatic rings. The molecule has 0 saturated heterocycles. The second-order valence-corrected chi connectivity index (χ2v) is 3.76. The highest BCUT2D eigenvalue weighted by Crippen LogP contribution is 2.11. The average Bonchev–Trinajstić information content (AvgIpc) is 2.13. The summed E-state index contributed by atoms with van der Waals surface area (Å²) in [7, 11) is 0. The molecule has 0 atom stereocenters. The maximum absolute atomic E-state index is 5.82. The molecule has 0 fully saturated rings. The Labute approximate surface area is 85.1 Å². The van der Waals surface area contributed by atoms with E-state index in [1.165, 1.54) is 31.2 Å². The van der Waals surface area contributed by atoms with Crippen molar-refractivity contribution in [3.05, 3.63) is 29.0 Å². The number of hydrogen-bond donors (Lipinski definition) is 0. The van der Waals surface area contributed by atoms with Crippen molar-refractivity contribution in [3.63, 3.8) is 0 Å². The third kappa shape index (κ3) is 4.28. The van der Waals surface area contributed by atoms with Crippen LogP contribution in [0.1, 0.15) is 38.2 Å². The lowest BCUT2D eigenvalue weighted by Crippen LogP contribution is -1.87. The highest BCUT2D eigenvalue weighted by Gasteiger charge is 1.94. The molecule has 72 valence electrons. The van der Waals surface area contributed by atoms with Crippen molar-refractivity contribution >= 4 is 11.6 Å². The third-order valence-corrected chi connectivity index (χ3v) is 2.29. The van der Waals surface area contributed by atoms with Gasteiger partial charge in [-0.3, -0.25) is 4.98 Å². The zero-order valence-corrected chi connectivity index (χ0v) is 8.85. The quantitative estimate of drug-likeness (QED) is 0.654. The number of pyridine rings is 1. The van der Waals surface area contributed by atoms with Gasteiger partial charge in [0.25, 0.3) is 0 Å². The molecule has 0 aromatic carbocycles. The van der Waals surface area contributed by atoms with E-state index in [2.05, 4.69) is 11.9 Å². The van der Waals surface area contributed by atoms with Gasteiger partial charge in [0.05, 0.1) is 5.02 Å². The summed E-state index contributed by atoms with van der Waals surface area (Å²) in [4.78, 5) is 4.05. The Morgan fingerprint density at radius 1 is 1.23 bits per heavy atom. The van der Waals surface area contributed by atoms with Crippen molar-refractivity contribution in [2.75, 3.05) is 0 Å². The van der Waals surface area contributed by atoms with Crippen LogP contribution in [0, 0.1) is 0 Å². The molecule has 1 aromatic rings. The van der Waals surface area contributed by atoms with Crippen molar-refractivity contribution in [1.82, 2.24) is 4.98 Å². The Hall–Kier alpha value is -0.560. The summed E-state index contributed by atoms with van der Waals surface area (Å²) >= 11 is 5.82. The summed E-state index contributed by atoms with van der Waals surface area (Å²) < 4.78 is 0. The number of rotatable bonds is 5.